The number of aliphatic carboxylic acids is 1. The molecule has 404 valence electrons. The number of nitrogens with one attached hydrogen (secondary N) is 8. The molecule has 1 aliphatic heterocycles. The van der Waals surface area contributed by atoms with Gasteiger partial charge in [0.1, 0.15) is 48.0 Å². The van der Waals surface area contributed by atoms with Gasteiger partial charge in [-0.25, -0.2) is 9.78 Å². The van der Waals surface area contributed by atoms with Crippen LogP contribution < -0.4 is 48.7 Å². The Bertz CT molecular complexity index is 2350. The zero-order chi connectivity index (χ0) is 54.3. The van der Waals surface area contributed by atoms with Gasteiger partial charge in [0, 0.05) is 49.3 Å². The molecule has 3 aromatic rings. The second-order valence-corrected chi connectivity index (χ2v) is 19.9. The van der Waals surface area contributed by atoms with Crippen LogP contribution >= 0.6 is 11.8 Å². The van der Waals surface area contributed by atoms with E-state index in [2.05, 4.69) is 52.2 Å². The first-order valence-corrected chi connectivity index (χ1v) is 25.8. The number of hydrogen-bond acceptors (Lipinski definition) is 13. The average molecular weight is 1050 g/mol. The highest BCUT2D eigenvalue weighted by molar-refractivity contribution is 7.98. The van der Waals surface area contributed by atoms with Crippen molar-refractivity contribution in [1.29, 1.82) is 0 Å². The highest BCUT2D eigenvalue weighted by atomic mass is 32.2. The lowest BCUT2D eigenvalue weighted by Crippen LogP contribution is -2.61. The van der Waals surface area contributed by atoms with Crippen molar-refractivity contribution in [2.45, 2.75) is 121 Å². The summed E-state index contributed by atoms with van der Waals surface area (Å²) in [6.07, 6.45) is 3.98. The summed E-state index contributed by atoms with van der Waals surface area (Å²) < 4.78 is 0. The van der Waals surface area contributed by atoms with E-state index in [1.54, 1.807) is 33.0 Å². The average Bonchev–Trinajstić information content (AvgIpc) is 4.07. The van der Waals surface area contributed by atoms with E-state index < -0.39 is 95.5 Å². The number of phenolic OH excluding ortho intramolecular Hbond substituents is 1. The van der Waals surface area contributed by atoms with E-state index in [0.717, 1.165) is 5.56 Å². The number of aliphatic imine (C=N–C) groups is 1. The van der Waals surface area contributed by atoms with Crippen LogP contribution in [-0.2, 0) is 57.0 Å². The van der Waals surface area contributed by atoms with Crippen molar-refractivity contribution in [2.24, 2.45) is 28.3 Å². The van der Waals surface area contributed by atoms with Crippen LogP contribution in [0.4, 0.5) is 0 Å². The lowest BCUT2D eigenvalue weighted by atomic mass is 10.00. The monoisotopic (exact) mass is 1050 g/mol. The molecule has 1 aliphatic rings. The molecule has 7 amide bonds. The van der Waals surface area contributed by atoms with E-state index in [1.807, 2.05) is 44.2 Å². The topological polar surface area (TPSA) is 358 Å². The number of guanidine groups is 1. The summed E-state index contributed by atoms with van der Waals surface area (Å²) in [4.78, 5) is 123. The second kappa shape index (κ2) is 30.1. The second-order valence-electron chi connectivity index (χ2n) is 18.9. The highest BCUT2D eigenvalue weighted by Gasteiger charge is 2.40. The van der Waals surface area contributed by atoms with Crippen molar-refractivity contribution in [3.8, 4) is 5.75 Å². The third-order valence-corrected chi connectivity index (χ3v) is 13.1. The van der Waals surface area contributed by atoms with E-state index in [-0.39, 0.29) is 75.1 Å². The normalized spacial score (nSPS) is 15.7. The number of nitrogens with two attached hydrogens (primary N) is 2. The van der Waals surface area contributed by atoms with Crippen molar-refractivity contribution in [3.63, 3.8) is 0 Å². The predicted molar refractivity (Wildman–Crippen MR) is 279 cm³/mol. The van der Waals surface area contributed by atoms with Gasteiger partial charge in [0.05, 0.1) is 12.9 Å². The number of aromatic nitrogens is 2. The predicted octanol–water partition coefficient (Wildman–Crippen LogP) is -0.207. The Hall–Kier alpha value is -7.21. The van der Waals surface area contributed by atoms with Crippen LogP contribution in [0.3, 0.4) is 0 Å². The van der Waals surface area contributed by atoms with Crippen LogP contribution in [0.15, 0.2) is 72.1 Å². The number of carboxylic acids is 1. The van der Waals surface area contributed by atoms with E-state index >= 15 is 0 Å². The molecule has 0 unspecified atom stereocenters. The van der Waals surface area contributed by atoms with E-state index in [4.69, 9.17) is 11.5 Å². The van der Waals surface area contributed by atoms with Crippen LogP contribution in [0.1, 0.15) is 76.6 Å². The van der Waals surface area contributed by atoms with Gasteiger partial charge >= 0.3 is 5.97 Å². The number of imidazole rings is 1. The molecule has 0 radical (unpaired) electrons. The molecule has 4 rings (SSSR count). The van der Waals surface area contributed by atoms with Crippen LogP contribution in [-0.4, -0.2) is 153 Å². The van der Waals surface area contributed by atoms with Crippen molar-refractivity contribution in [1.82, 2.24) is 52.1 Å². The van der Waals surface area contributed by atoms with Gasteiger partial charge in [-0.15, -0.1) is 0 Å². The molecule has 23 nitrogen and oxygen atoms in total. The number of benzene rings is 2. The fourth-order valence-corrected chi connectivity index (χ4v) is 9.20. The Kier molecular flexibility index (Phi) is 24.1. The molecule has 74 heavy (non-hydrogen) atoms. The van der Waals surface area contributed by atoms with Gasteiger partial charge in [-0.1, -0.05) is 70.2 Å². The summed E-state index contributed by atoms with van der Waals surface area (Å²) in [6, 6.07) is 6.87. The van der Waals surface area contributed by atoms with Crippen LogP contribution in [0.2, 0.25) is 0 Å². The lowest BCUT2D eigenvalue weighted by molar-refractivity contribution is -0.145. The molecule has 24 heteroatoms. The zero-order valence-corrected chi connectivity index (χ0v) is 43.4. The number of carbonyl (C=O) groups is 8. The fourth-order valence-electron chi connectivity index (χ4n) is 8.18. The number of phenols is 1. The highest BCUT2D eigenvalue weighted by Crippen LogP contribution is 2.22. The molecule has 0 spiro atoms. The SMILES string of the molecule is CNCC(=O)N[C@@H](CCCN=C(N)N)C(=O)N[C@H](C(=O)N[C@@H](Cc1ccc(O)cc1)C(=O)N[C@@H](CSCc1ccccc1)C(=O)N[C@@H](Cc1cnc[nH]1)C(=O)N1CCC[C@H]1C(=O)N[C@@H](CC(C)C)C(=O)O)C(C)C. The summed E-state index contributed by atoms with van der Waals surface area (Å²) in [5.74, 6) is -6.22. The molecular weight excluding hydrogens is 975 g/mol. The van der Waals surface area contributed by atoms with Crippen molar-refractivity contribution >= 4 is 65.0 Å². The maximum atomic E-state index is 14.7. The standard InChI is InChI=1S/C50H73N13O10S/c1-29(2)21-38(49(72)73)60-46(69)40-14-10-20-63(40)48(71)37(23-33-24-54-28-56-33)59-45(68)39(27-74-26-32-11-7-6-8-12-32)61-44(67)36(22-31-15-17-34(64)18-16-31)58-47(70)42(30(3)4)62-43(66)35(57-41(65)25-53-5)13-9-19-55-50(51)52/h6-8,11-12,15-18,24,28-30,35-40,42,53,64H,9-10,13-14,19-23,25-27H2,1-5H3,(H,54,56)(H,57,65)(H,58,70)(H,59,68)(H,60,69)(H,61,67)(H,62,66)(H,72,73)(H4,51,52,55)/t35-,36-,37-,38-,39-,40-,42-/m0/s1. The lowest BCUT2D eigenvalue weighted by Gasteiger charge is -2.31. The largest absolute Gasteiger partial charge is 0.508 e. The van der Waals surface area contributed by atoms with Crippen LogP contribution in [0, 0.1) is 11.8 Å². The van der Waals surface area contributed by atoms with Gasteiger partial charge in [-0.05, 0) is 74.2 Å². The summed E-state index contributed by atoms with van der Waals surface area (Å²) in [7, 11) is 1.57. The van der Waals surface area contributed by atoms with Gasteiger partial charge in [0.25, 0.3) is 0 Å². The van der Waals surface area contributed by atoms with Gasteiger partial charge < -0.3 is 68.8 Å². The smallest absolute Gasteiger partial charge is 0.326 e. The molecule has 0 saturated carbocycles. The summed E-state index contributed by atoms with van der Waals surface area (Å²) in [5, 5.41) is 39.1. The number of nitrogens with zero attached hydrogens (tertiary/aromatic N) is 3. The number of hydrogen-bond donors (Lipinski definition) is 12. The Morgan fingerprint density at radius 1 is 0.797 bits per heavy atom. The molecule has 7 atom stereocenters. The van der Waals surface area contributed by atoms with E-state index in [1.165, 1.54) is 41.3 Å². The number of rotatable bonds is 30. The van der Waals surface area contributed by atoms with Crippen molar-refractivity contribution in [3.05, 3.63) is 83.9 Å². The Morgan fingerprint density at radius 3 is 2.08 bits per heavy atom. The number of carbonyl (C=O) groups excluding carboxylic acids is 7. The van der Waals surface area contributed by atoms with Gasteiger partial charge in [0.2, 0.25) is 41.4 Å². The third kappa shape index (κ3) is 19.7. The van der Waals surface area contributed by atoms with E-state index in [9.17, 15) is 48.6 Å². The van der Waals surface area contributed by atoms with Gasteiger partial charge in [-0.2, -0.15) is 11.8 Å². The number of amides is 7. The number of aromatic hydroxyl groups is 1. The Balaban J connectivity index is 1.64. The third-order valence-electron chi connectivity index (χ3n) is 12.0. The molecule has 2 aromatic carbocycles. The first-order valence-electron chi connectivity index (χ1n) is 24.7. The maximum Gasteiger partial charge on any atom is 0.326 e. The molecule has 2 heterocycles. The summed E-state index contributed by atoms with van der Waals surface area (Å²) in [6.45, 7) is 7.29. The minimum Gasteiger partial charge on any atom is -0.508 e. The summed E-state index contributed by atoms with van der Waals surface area (Å²) >= 11 is 1.33. The quantitative estimate of drug-likeness (QED) is 0.0234. The van der Waals surface area contributed by atoms with Gasteiger partial charge in [-0.3, -0.25) is 38.6 Å². The van der Waals surface area contributed by atoms with Crippen molar-refractivity contribution in [2.75, 3.05) is 32.4 Å². The number of carboxylic acid groups (broad SMARTS) is 1. The first kappa shape index (κ1) is 59.4. The number of H-pyrrole nitrogens is 1. The van der Waals surface area contributed by atoms with Gasteiger partial charge in [0.15, 0.2) is 5.96 Å². The van der Waals surface area contributed by atoms with Crippen LogP contribution in [0.5, 0.6) is 5.75 Å². The fraction of sp³-hybridized carbons (Fsp3) is 0.520. The molecule has 1 aromatic heterocycles. The number of likely N-dealkylation sites (tertiary alicyclic amines) is 1. The Morgan fingerprint density at radius 2 is 1.46 bits per heavy atom. The zero-order valence-electron chi connectivity index (χ0n) is 42.6. The molecular formula is C50H73N13O10S. The molecule has 0 bridgehead atoms. The number of aromatic amines is 1. The minimum atomic E-state index is -1.37. The maximum absolute atomic E-state index is 14.7. The molecule has 1 fully saturated rings. The van der Waals surface area contributed by atoms with Crippen LogP contribution in [0.25, 0.3) is 0 Å². The molecule has 14 N–H and O–H groups in total. The molecule has 0 aliphatic carbocycles. The number of thioether (sulfide) groups is 1. The Labute approximate surface area is 435 Å². The van der Waals surface area contributed by atoms with E-state index in [0.29, 0.717) is 29.9 Å². The summed E-state index contributed by atoms with van der Waals surface area (Å²) in [5.41, 5.74) is 12.9. The minimum absolute atomic E-state index is 0.00694. The molecule has 1 saturated heterocycles. The number of likely N-dealkylation sites (N-methyl/N-ethyl adjacent to an activating group) is 1. The van der Waals surface area contributed by atoms with Crippen molar-refractivity contribution < 1.29 is 48.6 Å². The first-order chi connectivity index (χ1) is 35.3.